The zero-order valence-electron chi connectivity index (χ0n) is 25.9. The highest BCUT2D eigenvalue weighted by Crippen LogP contribution is 2.30. The lowest BCUT2D eigenvalue weighted by molar-refractivity contribution is 0.349. The van der Waals surface area contributed by atoms with Crippen molar-refractivity contribution in [2.75, 3.05) is 36.0 Å². The summed E-state index contributed by atoms with van der Waals surface area (Å²) in [6.07, 6.45) is 2.80. The number of nitrogens with zero attached hydrogens (tertiary/aromatic N) is 8. The summed E-state index contributed by atoms with van der Waals surface area (Å²) in [5, 5.41) is 0. The smallest absolute Gasteiger partial charge is 0.329 e. The second kappa shape index (κ2) is 10.9. The first kappa shape index (κ1) is 29.0. The van der Waals surface area contributed by atoms with Gasteiger partial charge in [-0.15, -0.1) is 0 Å². The van der Waals surface area contributed by atoms with E-state index < -0.39 is 22.5 Å². The zero-order valence-corrected chi connectivity index (χ0v) is 25.9. The highest BCUT2D eigenvalue weighted by Gasteiger charge is 2.30. The normalized spacial score (nSPS) is 23.1. The molecule has 2 fully saturated rings. The third-order valence-electron chi connectivity index (χ3n) is 9.04. The van der Waals surface area contributed by atoms with Crippen LogP contribution >= 0.6 is 0 Å². The van der Waals surface area contributed by atoms with Crippen molar-refractivity contribution >= 4 is 34.2 Å². The van der Waals surface area contributed by atoms with Gasteiger partial charge in [-0.3, -0.25) is 28.7 Å². The minimum atomic E-state index is -0.501. The number of rotatable bonds is 6. The first-order chi connectivity index (χ1) is 20.4. The maximum absolute atomic E-state index is 13.2. The number of aromatic nitrogens is 8. The van der Waals surface area contributed by atoms with Gasteiger partial charge in [-0.1, -0.05) is 27.7 Å². The van der Waals surface area contributed by atoms with E-state index in [1.165, 1.54) is 9.13 Å². The standard InChI is InChI=1S/C29H42N10O4/c1-16-10-17(2)13-36(12-16)26-30-22-20(24(40)32-28(42)34(22)5)38(26)8-7-9-39-21-23(35(6)29(43)33-25(21)41)31-27(39)37-14-18(3)11-19(4)15-37/h16-19H,7-15H2,1-6H3,(H,32,40,42)(H,33,41,43)/t16-,17-,18-,19+/m1/s1. The molecule has 4 aromatic heterocycles. The number of H-pyrrole nitrogens is 2. The van der Waals surface area contributed by atoms with Crippen LogP contribution in [0.25, 0.3) is 22.3 Å². The molecule has 4 aromatic rings. The maximum Gasteiger partial charge on any atom is 0.329 e. The quantitative estimate of drug-likeness (QED) is 0.338. The summed E-state index contributed by atoms with van der Waals surface area (Å²) in [6, 6.07) is 0. The molecule has 43 heavy (non-hydrogen) atoms. The van der Waals surface area contributed by atoms with E-state index in [4.69, 9.17) is 9.97 Å². The van der Waals surface area contributed by atoms with Crippen LogP contribution in [0.2, 0.25) is 0 Å². The molecule has 0 unspecified atom stereocenters. The van der Waals surface area contributed by atoms with Crippen LogP contribution in [-0.4, -0.2) is 64.4 Å². The van der Waals surface area contributed by atoms with Gasteiger partial charge in [0, 0.05) is 53.4 Å². The van der Waals surface area contributed by atoms with Crippen LogP contribution in [0, 0.1) is 23.7 Å². The number of hydrogen-bond donors (Lipinski definition) is 2. The van der Waals surface area contributed by atoms with Gasteiger partial charge in [0.2, 0.25) is 11.9 Å². The Balaban J connectivity index is 1.42. The Morgan fingerprint density at radius 2 is 0.977 bits per heavy atom. The van der Waals surface area contributed by atoms with Crippen LogP contribution in [0.4, 0.5) is 11.9 Å². The van der Waals surface area contributed by atoms with E-state index in [0.717, 1.165) is 39.0 Å². The molecular formula is C29H42N10O4. The lowest BCUT2D eigenvalue weighted by atomic mass is 9.92. The summed E-state index contributed by atoms with van der Waals surface area (Å²) in [7, 11) is 3.23. The molecule has 6 heterocycles. The fraction of sp³-hybridized carbons (Fsp3) is 0.655. The molecule has 2 aliphatic rings. The van der Waals surface area contributed by atoms with Crippen LogP contribution < -0.4 is 32.3 Å². The Hall–Kier alpha value is -4.10. The van der Waals surface area contributed by atoms with Gasteiger partial charge >= 0.3 is 11.4 Å². The van der Waals surface area contributed by atoms with Gasteiger partial charge in [0.05, 0.1) is 0 Å². The van der Waals surface area contributed by atoms with Gasteiger partial charge < -0.3 is 18.9 Å². The van der Waals surface area contributed by atoms with Crippen LogP contribution in [0.15, 0.2) is 19.2 Å². The molecule has 0 aliphatic carbocycles. The van der Waals surface area contributed by atoms with Crippen molar-refractivity contribution < 1.29 is 0 Å². The molecule has 0 amide bonds. The zero-order chi connectivity index (χ0) is 30.7. The maximum atomic E-state index is 13.2. The molecule has 0 spiro atoms. The molecule has 0 aromatic carbocycles. The predicted octanol–water partition coefficient (Wildman–Crippen LogP) is 1.21. The van der Waals surface area contributed by atoms with Gasteiger partial charge in [-0.25, -0.2) is 9.59 Å². The van der Waals surface area contributed by atoms with Crippen LogP contribution in [-0.2, 0) is 27.2 Å². The SMILES string of the molecule is C[C@@H]1C[C@@H](C)CN(c2nc3c(c(=O)[nH]c(=O)n3C)n2CCCn2c(N3C[C@H](C)C[C@H](C)C3)nc3c2c(=O)[nH]c(=O)n3C)C1. The first-order valence-electron chi connectivity index (χ1n) is 15.3. The van der Waals surface area contributed by atoms with Gasteiger partial charge in [-0.2, -0.15) is 9.97 Å². The Bertz CT molecular complexity index is 1770. The molecule has 0 radical (unpaired) electrons. The van der Waals surface area contributed by atoms with Gasteiger partial charge in [0.25, 0.3) is 11.1 Å². The van der Waals surface area contributed by atoms with Crippen LogP contribution in [0.3, 0.4) is 0 Å². The van der Waals surface area contributed by atoms with E-state index in [0.29, 0.717) is 77.4 Å². The van der Waals surface area contributed by atoms with Crippen LogP contribution in [0.1, 0.15) is 47.0 Å². The molecule has 232 valence electrons. The molecule has 14 heteroatoms. The lowest BCUT2D eigenvalue weighted by Crippen LogP contribution is -2.40. The van der Waals surface area contributed by atoms with E-state index >= 15 is 0 Å². The summed E-state index contributed by atoms with van der Waals surface area (Å²) in [5.41, 5.74) is -0.512. The number of aryl methyl sites for hydroxylation is 4. The summed E-state index contributed by atoms with van der Waals surface area (Å²) in [5.74, 6) is 3.21. The Morgan fingerprint density at radius 3 is 1.33 bits per heavy atom. The van der Waals surface area contributed by atoms with Crippen LogP contribution in [0.5, 0.6) is 0 Å². The molecule has 2 saturated heterocycles. The molecule has 0 bridgehead atoms. The number of aromatic amines is 2. The summed E-state index contributed by atoms with van der Waals surface area (Å²) in [6.45, 7) is 13.0. The highest BCUT2D eigenvalue weighted by atomic mass is 16.2. The van der Waals surface area contributed by atoms with Gasteiger partial charge in [0.15, 0.2) is 22.3 Å². The molecule has 0 saturated carbocycles. The number of imidazole rings is 2. The highest BCUT2D eigenvalue weighted by molar-refractivity contribution is 5.75. The molecule has 6 rings (SSSR count). The largest absolute Gasteiger partial charge is 0.342 e. The summed E-state index contributed by atoms with van der Waals surface area (Å²) < 4.78 is 6.60. The second-order valence-corrected chi connectivity index (χ2v) is 13.2. The van der Waals surface area contributed by atoms with Gasteiger partial charge in [0.1, 0.15) is 0 Å². The fourth-order valence-corrected chi connectivity index (χ4v) is 7.39. The molecule has 2 aliphatic heterocycles. The summed E-state index contributed by atoms with van der Waals surface area (Å²) in [4.78, 5) is 70.2. The van der Waals surface area contributed by atoms with Crippen molar-refractivity contribution in [2.24, 2.45) is 37.8 Å². The van der Waals surface area contributed by atoms with Crippen molar-refractivity contribution in [3.8, 4) is 0 Å². The lowest BCUT2D eigenvalue weighted by Gasteiger charge is -2.36. The topological polar surface area (TPSA) is 152 Å². The molecular weight excluding hydrogens is 552 g/mol. The monoisotopic (exact) mass is 594 g/mol. The fourth-order valence-electron chi connectivity index (χ4n) is 7.39. The third kappa shape index (κ3) is 5.10. The number of hydrogen-bond acceptors (Lipinski definition) is 8. The Labute approximate surface area is 248 Å². The second-order valence-electron chi connectivity index (χ2n) is 13.2. The van der Waals surface area contributed by atoms with E-state index in [-0.39, 0.29) is 0 Å². The van der Waals surface area contributed by atoms with Gasteiger partial charge in [-0.05, 0) is 42.9 Å². The van der Waals surface area contributed by atoms with Crippen molar-refractivity contribution in [3.05, 3.63) is 41.7 Å². The Morgan fingerprint density at radius 1 is 0.628 bits per heavy atom. The first-order valence-corrected chi connectivity index (χ1v) is 15.3. The van der Waals surface area contributed by atoms with Crippen molar-refractivity contribution in [3.63, 3.8) is 0 Å². The van der Waals surface area contributed by atoms with Crippen molar-refractivity contribution in [1.29, 1.82) is 0 Å². The number of nitrogens with one attached hydrogen (secondary N) is 2. The molecule has 14 nitrogen and oxygen atoms in total. The minimum Gasteiger partial charge on any atom is -0.342 e. The average Bonchev–Trinajstić information content (AvgIpc) is 3.50. The molecule has 4 atom stereocenters. The Kier molecular flexibility index (Phi) is 7.33. The van der Waals surface area contributed by atoms with E-state index in [1.54, 1.807) is 14.1 Å². The predicted molar refractivity (Wildman–Crippen MR) is 166 cm³/mol. The van der Waals surface area contributed by atoms with Crippen molar-refractivity contribution in [1.82, 2.24) is 38.2 Å². The third-order valence-corrected chi connectivity index (χ3v) is 9.04. The average molecular weight is 595 g/mol. The number of fused-ring (bicyclic) bond motifs is 2. The van der Waals surface area contributed by atoms with Crippen molar-refractivity contribution in [2.45, 2.75) is 60.0 Å². The minimum absolute atomic E-state index is 0.353. The van der Waals surface area contributed by atoms with E-state index in [2.05, 4.69) is 47.5 Å². The molecule has 2 N–H and O–H groups in total. The van der Waals surface area contributed by atoms with E-state index in [9.17, 15) is 19.2 Å². The number of piperidine rings is 2. The summed E-state index contributed by atoms with van der Waals surface area (Å²) >= 11 is 0. The van der Waals surface area contributed by atoms with E-state index in [1.807, 2.05) is 9.13 Å². The number of anilines is 2.